The third kappa shape index (κ3) is 2.31. The van der Waals surface area contributed by atoms with Crippen LogP contribution in [-0.2, 0) is 6.54 Å². The molecule has 0 bridgehead atoms. The highest BCUT2D eigenvalue weighted by molar-refractivity contribution is 5.44. The lowest BCUT2D eigenvalue weighted by molar-refractivity contribution is 0.0945. The van der Waals surface area contributed by atoms with Crippen molar-refractivity contribution in [2.75, 3.05) is 19.9 Å². The second-order valence-electron chi connectivity index (χ2n) is 4.97. The van der Waals surface area contributed by atoms with Crippen LogP contribution in [0.5, 0.6) is 11.5 Å². The summed E-state index contributed by atoms with van der Waals surface area (Å²) in [6.45, 7) is 2.17. The molecule has 0 radical (unpaired) electrons. The van der Waals surface area contributed by atoms with Gasteiger partial charge in [-0.25, -0.2) is 0 Å². The van der Waals surface area contributed by atoms with Crippen molar-refractivity contribution in [3.8, 4) is 11.5 Å². The van der Waals surface area contributed by atoms with Crippen molar-refractivity contribution < 1.29 is 14.6 Å². The van der Waals surface area contributed by atoms with E-state index >= 15 is 0 Å². The predicted octanol–water partition coefficient (Wildman–Crippen LogP) is 1.76. The average molecular weight is 249 g/mol. The number of benzene rings is 1. The topological polar surface area (TPSA) is 41.9 Å². The highest BCUT2D eigenvalue weighted by Gasteiger charge is 2.25. The van der Waals surface area contributed by atoms with Crippen LogP contribution in [0, 0.1) is 0 Å². The van der Waals surface area contributed by atoms with Crippen LogP contribution in [0.1, 0.15) is 24.8 Å². The number of aliphatic hydroxyl groups excluding tert-OH is 1. The summed E-state index contributed by atoms with van der Waals surface area (Å²) in [6, 6.07) is 6.74. The first-order valence-electron chi connectivity index (χ1n) is 6.60. The number of hydrogen-bond donors (Lipinski definition) is 1. The molecule has 1 aliphatic carbocycles. The molecular weight excluding hydrogens is 230 g/mol. The lowest BCUT2D eigenvalue weighted by Crippen LogP contribution is -2.41. The number of fused-ring (bicyclic) bond motifs is 1. The van der Waals surface area contributed by atoms with Gasteiger partial charge in [0.1, 0.15) is 0 Å². The first-order valence-corrected chi connectivity index (χ1v) is 6.60. The fourth-order valence-electron chi connectivity index (χ4n) is 2.54. The molecule has 0 saturated heterocycles. The van der Waals surface area contributed by atoms with Crippen molar-refractivity contribution in [1.29, 1.82) is 0 Å². The number of rotatable bonds is 5. The van der Waals surface area contributed by atoms with Gasteiger partial charge in [-0.15, -0.1) is 0 Å². The zero-order chi connectivity index (χ0) is 12.4. The number of aliphatic hydroxyl groups is 1. The summed E-state index contributed by atoms with van der Waals surface area (Å²) in [7, 11) is 0. The Morgan fingerprint density at radius 2 is 2.06 bits per heavy atom. The van der Waals surface area contributed by atoms with Gasteiger partial charge < -0.3 is 14.6 Å². The first kappa shape index (κ1) is 11.8. The molecule has 3 rings (SSSR count). The molecule has 0 unspecified atom stereocenters. The molecule has 1 aromatic carbocycles. The minimum absolute atomic E-state index is 0.223. The van der Waals surface area contributed by atoms with Gasteiger partial charge in [0.2, 0.25) is 6.79 Å². The largest absolute Gasteiger partial charge is 0.454 e. The van der Waals surface area contributed by atoms with E-state index in [9.17, 15) is 0 Å². The second kappa shape index (κ2) is 5.16. The van der Waals surface area contributed by atoms with Crippen LogP contribution < -0.4 is 9.47 Å². The molecule has 1 heterocycles. The molecule has 4 heteroatoms. The summed E-state index contributed by atoms with van der Waals surface area (Å²) in [6.07, 6.45) is 3.82. The van der Waals surface area contributed by atoms with Crippen molar-refractivity contribution in [3.05, 3.63) is 23.8 Å². The number of hydrogen-bond acceptors (Lipinski definition) is 4. The molecule has 0 aromatic heterocycles. The third-order valence-electron chi connectivity index (χ3n) is 3.80. The van der Waals surface area contributed by atoms with Gasteiger partial charge in [-0.2, -0.15) is 0 Å². The Hall–Kier alpha value is -1.26. The zero-order valence-corrected chi connectivity index (χ0v) is 10.5. The molecule has 1 saturated carbocycles. The van der Waals surface area contributed by atoms with Crippen LogP contribution in [0.15, 0.2) is 18.2 Å². The minimum atomic E-state index is 0.223. The van der Waals surface area contributed by atoms with E-state index in [2.05, 4.69) is 11.0 Å². The summed E-state index contributed by atoms with van der Waals surface area (Å²) in [5.74, 6) is 1.67. The van der Waals surface area contributed by atoms with E-state index < -0.39 is 0 Å². The molecule has 98 valence electrons. The van der Waals surface area contributed by atoms with E-state index in [0.29, 0.717) is 12.8 Å². The van der Waals surface area contributed by atoms with E-state index in [4.69, 9.17) is 14.6 Å². The fourth-order valence-corrected chi connectivity index (χ4v) is 2.54. The normalized spacial score (nSPS) is 18.1. The SMILES string of the molecule is OCCN(Cc1ccc2c(c1)OCO2)C1CCC1. The van der Waals surface area contributed by atoms with Crippen molar-refractivity contribution in [3.63, 3.8) is 0 Å². The maximum Gasteiger partial charge on any atom is 0.231 e. The summed E-state index contributed by atoms with van der Waals surface area (Å²) >= 11 is 0. The van der Waals surface area contributed by atoms with Crippen LogP contribution in [0.3, 0.4) is 0 Å². The van der Waals surface area contributed by atoms with Crippen LogP contribution in [0.4, 0.5) is 0 Å². The molecule has 0 spiro atoms. The first-order chi connectivity index (χ1) is 8.86. The van der Waals surface area contributed by atoms with E-state index in [0.717, 1.165) is 24.6 Å². The summed E-state index contributed by atoms with van der Waals surface area (Å²) < 4.78 is 10.7. The quantitative estimate of drug-likeness (QED) is 0.863. The van der Waals surface area contributed by atoms with Crippen molar-refractivity contribution in [2.24, 2.45) is 0 Å². The molecule has 0 amide bonds. The molecule has 2 aliphatic rings. The van der Waals surface area contributed by atoms with Gasteiger partial charge in [0.15, 0.2) is 11.5 Å². The minimum Gasteiger partial charge on any atom is -0.454 e. The summed E-state index contributed by atoms with van der Waals surface area (Å²) in [5.41, 5.74) is 1.22. The van der Waals surface area contributed by atoms with Gasteiger partial charge in [-0.05, 0) is 30.5 Å². The van der Waals surface area contributed by atoms with Crippen molar-refractivity contribution in [2.45, 2.75) is 31.8 Å². The molecule has 0 atom stereocenters. The number of nitrogens with zero attached hydrogens (tertiary/aromatic N) is 1. The van der Waals surface area contributed by atoms with Gasteiger partial charge >= 0.3 is 0 Å². The Bertz CT molecular complexity index is 418. The Morgan fingerprint density at radius 1 is 1.22 bits per heavy atom. The Labute approximate surface area is 107 Å². The Kier molecular flexibility index (Phi) is 3.39. The third-order valence-corrected chi connectivity index (χ3v) is 3.80. The summed E-state index contributed by atoms with van der Waals surface area (Å²) in [5, 5.41) is 9.15. The van der Waals surface area contributed by atoms with E-state index in [-0.39, 0.29) is 6.61 Å². The zero-order valence-electron chi connectivity index (χ0n) is 10.5. The Balaban J connectivity index is 1.69. The van der Waals surface area contributed by atoms with Gasteiger partial charge in [0.05, 0.1) is 6.61 Å². The maximum atomic E-state index is 9.15. The van der Waals surface area contributed by atoms with E-state index in [1.807, 2.05) is 12.1 Å². The van der Waals surface area contributed by atoms with Gasteiger partial charge in [-0.3, -0.25) is 4.90 Å². The van der Waals surface area contributed by atoms with Crippen LogP contribution >= 0.6 is 0 Å². The fraction of sp³-hybridized carbons (Fsp3) is 0.571. The van der Waals surface area contributed by atoms with E-state index in [1.54, 1.807) is 0 Å². The average Bonchev–Trinajstić information content (AvgIpc) is 2.74. The molecule has 18 heavy (non-hydrogen) atoms. The van der Waals surface area contributed by atoms with Gasteiger partial charge in [-0.1, -0.05) is 12.5 Å². The summed E-state index contributed by atoms with van der Waals surface area (Å²) in [4.78, 5) is 2.36. The molecule has 4 nitrogen and oxygen atoms in total. The predicted molar refractivity (Wildman–Crippen MR) is 67.7 cm³/mol. The highest BCUT2D eigenvalue weighted by atomic mass is 16.7. The lowest BCUT2D eigenvalue weighted by atomic mass is 9.91. The molecule has 1 aliphatic heterocycles. The van der Waals surface area contributed by atoms with Crippen LogP contribution in [0.2, 0.25) is 0 Å². The highest BCUT2D eigenvalue weighted by Crippen LogP contribution is 2.33. The monoisotopic (exact) mass is 249 g/mol. The second-order valence-corrected chi connectivity index (χ2v) is 4.97. The molecule has 1 fully saturated rings. The molecule has 1 N–H and O–H groups in total. The standard InChI is InChI=1S/C14H19NO3/c16-7-6-15(12-2-1-3-12)9-11-4-5-13-14(8-11)18-10-17-13/h4-5,8,12,16H,1-3,6-7,9-10H2. The van der Waals surface area contributed by atoms with Crippen molar-refractivity contribution >= 4 is 0 Å². The maximum absolute atomic E-state index is 9.15. The smallest absolute Gasteiger partial charge is 0.231 e. The molecular formula is C14H19NO3. The Morgan fingerprint density at radius 3 is 2.78 bits per heavy atom. The van der Waals surface area contributed by atoms with E-state index in [1.165, 1.54) is 24.8 Å². The van der Waals surface area contributed by atoms with Crippen molar-refractivity contribution in [1.82, 2.24) is 4.90 Å². The van der Waals surface area contributed by atoms with Crippen LogP contribution in [-0.4, -0.2) is 36.0 Å². The molecule has 1 aromatic rings. The number of ether oxygens (including phenoxy) is 2. The lowest BCUT2D eigenvalue weighted by Gasteiger charge is -2.37. The van der Waals surface area contributed by atoms with Gasteiger partial charge in [0.25, 0.3) is 0 Å². The van der Waals surface area contributed by atoms with Gasteiger partial charge in [0, 0.05) is 19.1 Å². The van der Waals surface area contributed by atoms with Crippen LogP contribution in [0.25, 0.3) is 0 Å².